The Kier molecular flexibility index (Phi) is 5.78. The minimum absolute atomic E-state index is 0.0730. The summed E-state index contributed by atoms with van der Waals surface area (Å²) in [4.78, 5) is 27.2. The molecule has 1 amide bonds. The highest BCUT2D eigenvalue weighted by Crippen LogP contribution is 2.14. The van der Waals surface area contributed by atoms with Gasteiger partial charge in [0.1, 0.15) is 5.82 Å². The first-order chi connectivity index (χ1) is 11.9. The summed E-state index contributed by atoms with van der Waals surface area (Å²) < 4.78 is 13.5. The van der Waals surface area contributed by atoms with E-state index in [0.717, 1.165) is 0 Å². The van der Waals surface area contributed by atoms with Crippen LogP contribution in [0.1, 0.15) is 18.1 Å². The number of rotatable bonds is 6. The maximum Gasteiger partial charge on any atom is 0.270 e. The van der Waals surface area contributed by atoms with Crippen molar-refractivity contribution in [2.45, 2.75) is 20.0 Å². The standard InChI is InChI=1S/C17H16FN3O4/c1-11-6-7-14(9-16(11)18)20-17(22)12(2)25-19-10-13-4-3-5-15(8-13)21(23)24/h3-10,12H,1-2H3,(H,20,22). The number of nitrogens with one attached hydrogen (secondary N) is 1. The summed E-state index contributed by atoms with van der Waals surface area (Å²) in [5, 5.41) is 16.9. The molecular weight excluding hydrogens is 329 g/mol. The summed E-state index contributed by atoms with van der Waals surface area (Å²) in [7, 11) is 0. The van der Waals surface area contributed by atoms with Gasteiger partial charge in [0.15, 0.2) is 0 Å². The van der Waals surface area contributed by atoms with Gasteiger partial charge < -0.3 is 10.2 Å². The fourth-order valence-corrected chi connectivity index (χ4v) is 1.86. The number of anilines is 1. The molecule has 8 heteroatoms. The topological polar surface area (TPSA) is 93.8 Å². The third-order valence-corrected chi connectivity index (χ3v) is 3.31. The van der Waals surface area contributed by atoms with Gasteiger partial charge in [0, 0.05) is 23.4 Å². The molecule has 1 unspecified atom stereocenters. The van der Waals surface area contributed by atoms with Crippen LogP contribution in [0.25, 0.3) is 0 Å². The monoisotopic (exact) mass is 345 g/mol. The Morgan fingerprint density at radius 1 is 1.36 bits per heavy atom. The third-order valence-electron chi connectivity index (χ3n) is 3.31. The van der Waals surface area contributed by atoms with Crippen LogP contribution in [0, 0.1) is 22.9 Å². The first kappa shape index (κ1) is 18.1. The Balaban J connectivity index is 1.93. The Hall–Kier alpha value is -3.29. The van der Waals surface area contributed by atoms with Gasteiger partial charge in [0.25, 0.3) is 11.6 Å². The van der Waals surface area contributed by atoms with Crippen molar-refractivity contribution in [3.8, 4) is 0 Å². The van der Waals surface area contributed by atoms with E-state index in [9.17, 15) is 19.3 Å². The average molecular weight is 345 g/mol. The van der Waals surface area contributed by atoms with Crippen molar-refractivity contribution < 1.29 is 18.9 Å². The molecule has 0 spiro atoms. The molecule has 0 saturated heterocycles. The molecule has 2 aromatic rings. The molecule has 2 rings (SSSR count). The number of oxime groups is 1. The predicted octanol–water partition coefficient (Wildman–Crippen LogP) is 3.42. The van der Waals surface area contributed by atoms with E-state index in [1.165, 1.54) is 37.4 Å². The minimum Gasteiger partial charge on any atom is -0.383 e. The maximum absolute atomic E-state index is 13.5. The molecule has 25 heavy (non-hydrogen) atoms. The van der Waals surface area contributed by atoms with Gasteiger partial charge in [-0.15, -0.1) is 0 Å². The number of hydrogen-bond acceptors (Lipinski definition) is 5. The van der Waals surface area contributed by atoms with Gasteiger partial charge in [-0.2, -0.15) is 0 Å². The van der Waals surface area contributed by atoms with E-state index in [4.69, 9.17) is 4.84 Å². The van der Waals surface area contributed by atoms with E-state index in [1.807, 2.05) is 0 Å². The SMILES string of the molecule is Cc1ccc(NC(=O)C(C)ON=Cc2cccc([N+](=O)[O-])c2)cc1F. The highest BCUT2D eigenvalue weighted by Gasteiger charge is 2.14. The molecule has 0 aliphatic heterocycles. The highest BCUT2D eigenvalue weighted by molar-refractivity contribution is 5.94. The van der Waals surface area contributed by atoms with Crippen LogP contribution in [-0.4, -0.2) is 23.1 Å². The Morgan fingerprint density at radius 2 is 2.12 bits per heavy atom. The number of halogens is 1. The fraction of sp³-hybridized carbons (Fsp3) is 0.176. The van der Waals surface area contributed by atoms with Crippen LogP contribution in [0.5, 0.6) is 0 Å². The van der Waals surface area contributed by atoms with Crippen molar-refractivity contribution in [2.24, 2.45) is 5.16 Å². The molecule has 0 aromatic heterocycles. The van der Waals surface area contributed by atoms with Gasteiger partial charge in [0.05, 0.1) is 11.1 Å². The van der Waals surface area contributed by atoms with Crippen molar-refractivity contribution in [1.29, 1.82) is 0 Å². The zero-order valence-corrected chi connectivity index (χ0v) is 13.6. The number of benzene rings is 2. The number of carbonyl (C=O) groups is 1. The smallest absolute Gasteiger partial charge is 0.270 e. The summed E-state index contributed by atoms with van der Waals surface area (Å²) in [6.45, 7) is 3.10. The van der Waals surface area contributed by atoms with E-state index in [2.05, 4.69) is 10.5 Å². The highest BCUT2D eigenvalue weighted by atomic mass is 19.1. The van der Waals surface area contributed by atoms with Crippen LogP contribution in [0.3, 0.4) is 0 Å². The number of amides is 1. The van der Waals surface area contributed by atoms with Crippen LogP contribution in [-0.2, 0) is 9.63 Å². The number of carbonyl (C=O) groups excluding carboxylic acids is 1. The third kappa shape index (κ3) is 5.10. The summed E-state index contributed by atoms with van der Waals surface area (Å²) >= 11 is 0. The van der Waals surface area contributed by atoms with Crippen LogP contribution < -0.4 is 5.32 Å². The molecular formula is C17H16FN3O4. The summed E-state index contributed by atoms with van der Waals surface area (Å²) in [5.41, 5.74) is 1.17. The summed E-state index contributed by atoms with van der Waals surface area (Å²) in [6.07, 6.45) is 0.335. The van der Waals surface area contributed by atoms with Crippen LogP contribution in [0.15, 0.2) is 47.6 Å². The Labute approximate surface area is 143 Å². The Morgan fingerprint density at radius 3 is 2.80 bits per heavy atom. The molecule has 7 nitrogen and oxygen atoms in total. The second kappa shape index (κ2) is 8.00. The lowest BCUT2D eigenvalue weighted by molar-refractivity contribution is -0.384. The number of nitro benzene ring substituents is 1. The van der Waals surface area contributed by atoms with Gasteiger partial charge in [-0.3, -0.25) is 14.9 Å². The van der Waals surface area contributed by atoms with Gasteiger partial charge >= 0.3 is 0 Å². The van der Waals surface area contributed by atoms with Crippen molar-refractivity contribution in [2.75, 3.05) is 5.32 Å². The average Bonchev–Trinajstić information content (AvgIpc) is 2.58. The molecule has 1 N–H and O–H groups in total. The molecule has 0 heterocycles. The number of hydrogen-bond donors (Lipinski definition) is 1. The minimum atomic E-state index is -0.931. The van der Waals surface area contributed by atoms with Crippen molar-refractivity contribution in [1.82, 2.24) is 0 Å². The molecule has 2 aromatic carbocycles. The van der Waals surface area contributed by atoms with Gasteiger partial charge in [0.2, 0.25) is 6.10 Å². The molecule has 0 aliphatic rings. The van der Waals surface area contributed by atoms with E-state index in [0.29, 0.717) is 16.8 Å². The number of non-ortho nitro benzene ring substituents is 1. The second-order valence-electron chi connectivity index (χ2n) is 5.29. The first-order valence-corrected chi connectivity index (χ1v) is 7.37. The predicted molar refractivity (Wildman–Crippen MR) is 91.0 cm³/mol. The van der Waals surface area contributed by atoms with E-state index in [-0.39, 0.29) is 5.69 Å². The van der Waals surface area contributed by atoms with Crippen LogP contribution >= 0.6 is 0 Å². The second-order valence-corrected chi connectivity index (χ2v) is 5.29. The van der Waals surface area contributed by atoms with Crippen LogP contribution in [0.4, 0.5) is 15.8 Å². The van der Waals surface area contributed by atoms with Gasteiger partial charge in [-0.05, 0) is 31.5 Å². The molecule has 0 fully saturated rings. The summed E-state index contributed by atoms with van der Waals surface area (Å²) in [6, 6.07) is 10.2. The molecule has 0 bridgehead atoms. The lowest BCUT2D eigenvalue weighted by atomic mass is 10.2. The van der Waals surface area contributed by atoms with E-state index < -0.39 is 22.8 Å². The largest absolute Gasteiger partial charge is 0.383 e. The van der Waals surface area contributed by atoms with Crippen molar-refractivity contribution >= 4 is 23.5 Å². The zero-order chi connectivity index (χ0) is 18.4. The molecule has 0 aliphatic carbocycles. The van der Waals surface area contributed by atoms with Crippen molar-refractivity contribution in [3.63, 3.8) is 0 Å². The van der Waals surface area contributed by atoms with Crippen LogP contribution in [0.2, 0.25) is 0 Å². The lowest BCUT2D eigenvalue weighted by Gasteiger charge is -2.11. The molecule has 130 valence electrons. The van der Waals surface area contributed by atoms with E-state index in [1.54, 1.807) is 25.1 Å². The molecule has 0 radical (unpaired) electrons. The number of aryl methyl sites for hydroxylation is 1. The van der Waals surface area contributed by atoms with Gasteiger partial charge in [-0.1, -0.05) is 23.4 Å². The van der Waals surface area contributed by atoms with Gasteiger partial charge in [-0.25, -0.2) is 4.39 Å². The fourth-order valence-electron chi connectivity index (χ4n) is 1.86. The first-order valence-electron chi connectivity index (χ1n) is 7.37. The summed E-state index contributed by atoms with van der Waals surface area (Å²) in [5.74, 6) is -0.922. The van der Waals surface area contributed by atoms with E-state index >= 15 is 0 Å². The maximum atomic E-state index is 13.5. The molecule has 1 atom stereocenters. The normalized spacial score (nSPS) is 12.0. The number of nitro groups is 1. The quantitative estimate of drug-likeness (QED) is 0.493. The number of nitrogens with zero attached hydrogens (tertiary/aromatic N) is 2. The molecule has 0 saturated carbocycles. The Bertz CT molecular complexity index is 823. The lowest BCUT2D eigenvalue weighted by Crippen LogP contribution is -2.26. The zero-order valence-electron chi connectivity index (χ0n) is 13.6. The van der Waals surface area contributed by atoms with Crippen molar-refractivity contribution in [3.05, 3.63) is 69.5 Å².